The van der Waals surface area contributed by atoms with Crippen molar-refractivity contribution < 1.29 is 14.6 Å². The van der Waals surface area contributed by atoms with E-state index in [0.717, 1.165) is 25.0 Å². The Morgan fingerprint density at radius 2 is 2.26 bits per heavy atom. The summed E-state index contributed by atoms with van der Waals surface area (Å²) in [6, 6.07) is 6.20. The van der Waals surface area contributed by atoms with Crippen molar-refractivity contribution in [1.82, 2.24) is 0 Å². The van der Waals surface area contributed by atoms with Crippen molar-refractivity contribution in [3.8, 4) is 5.75 Å². The third kappa shape index (κ3) is 3.07. The van der Waals surface area contributed by atoms with Crippen LogP contribution < -0.4 is 10.5 Å². The molecule has 1 aromatic rings. The number of carboxylic acids is 1. The Bertz CT molecular complexity index is 459. The van der Waals surface area contributed by atoms with E-state index >= 15 is 0 Å². The normalized spacial score (nSPS) is 21.2. The number of ether oxygens (including phenoxy) is 1. The predicted octanol–water partition coefficient (Wildman–Crippen LogP) is 2.31. The minimum absolute atomic E-state index is 0.121. The zero-order valence-corrected chi connectivity index (χ0v) is 11.3. The molecule has 4 nitrogen and oxygen atoms in total. The van der Waals surface area contributed by atoms with Crippen molar-refractivity contribution in [2.24, 2.45) is 5.73 Å². The van der Waals surface area contributed by atoms with Crippen LogP contribution >= 0.6 is 0 Å². The molecule has 0 amide bonds. The van der Waals surface area contributed by atoms with Gasteiger partial charge in [-0.05, 0) is 30.9 Å². The summed E-state index contributed by atoms with van der Waals surface area (Å²) < 4.78 is 5.43. The lowest BCUT2D eigenvalue weighted by molar-refractivity contribution is -0.137. The maximum atomic E-state index is 10.5. The quantitative estimate of drug-likeness (QED) is 0.772. The van der Waals surface area contributed by atoms with E-state index in [0.29, 0.717) is 12.3 Å². The molecule has 19 heavy (non-hydrogen) atoms. The van der Waals surface area contributed by atoms with Crippen LogP contribution in [0.3, 0.4) is 0 Å². The molecule has 0 saturated carbocycles. The van der Waals surface area contributed by atoms with Gasteiger partial charge < -0.3 is 15.6 Å². The highest BCUT2D eigenvalue weighted by atomic mass is 16.5. The molecule has 0 spiro atoms. The molecule has 0 fully saturated rings. The molecular formula is C15H21NO3. The topological polar surface area (TPSA) is 72.5 Å². The zero-order valence-electron chi connectivity index (χ0n) is 11.3. The highest BCUT2D eigenvalue weighted by Crippen LogP contribution is 2.41. The van der Waals surface area contributed by atoms with Crippen molar-refractivity contribution in [3.05, 3.63) is 29.3 Å². The van der Waals surface area contributed by atoms with Crippen LogP contribution in [0.2, 0.25) is 0 Å². The summed E-state index contributed by atoms with van der Waals surface area (Å²) in [4.78, 5) is 10.5. The summed E-state index contributed by atoms with van der Waals surface area (Å²) in [6.07, 6.45) is 3.66. The predicted molar refractivity (Wildman–Crippen MR) is 73.5 cm³/mol. The largest absolute Gasteiger partial charge is 0.496 e. The SMILES string of the molecule is COc1cccc2c1C(CCCCC(=O)O)C(N)C2. The first-order chi connectivity index (χ1) is 9.13. The van der Waals surface area contributed by atoms with Crippen LogP contribution in [-0.2, 0) is 11.2 Å². The molecule has 4 heteroatoms. The number of benzene rings is 1. The van der Waals surface area contributed by atoms with Gasteiger partial charge in [0.15, 0.2) is 0 Å². The molecule has 1 aliphatic rings. The summed E-state index contributed by atoms with van der Waals surface area (Å²) in [5, 5.41) is 8.65. The van der Waals surface area contributed by atoms with E-state index in [9.17, 15) is 4.79 Å². The van der Waals surface area contributed by atoms with Crippen LogP contribution in [0, 0.1) is 0 Å². The third-order valence-electron chi connectivity index (χ3n) is 3.88. The van der Waals surface area contributed by atoms with Gasteiger partial charge in [-0.15, -0.1) is 0 Å². The molecule has 2 rings (SSSR count). The second-order valence-electron chi connectivity index (χ2n) is 5.15. The zero-order chi connectivity index (χ0) is 13.8. The Morgan fingerprint density at radius 1 is 1.47 bits per heavy atom. The first kappa shape index (κ1) is 13.9. The molecule has 3 N–H and O–H groups in total. The Morgan fingerprint density at radius 3 is 2.95 bits per heavy atom. The van der Waals surface area contributed by atoms with Crippen LogP contribution in [0.15, 0.2) is 18.2 Å². The molecule has 0 aliphatic heterocycles. The second-order valence-corrected chi connectivity index (χ2v) is 5.15. The van der Waals surface area contributed by atoms with E-state index in [4.69, 9.17) is 15.6 Å². The first-order valence-electron chi connectivity index (χ1n) is 6.76. The number of methoxy groups -OCH3 is 1. The van der Waals surface area contributed by atoms with Crippen LogP contribution in [0.5, 0.6) is 5.75 Å². The molecule has 0 aromatic heterocycles. The fraction of sp³-hybridized carbons (Fsp3) is 0.533. The minimum Gasteiger partial charge on any atom is -0.496 e. The molecular weight excluding hydrogens is 242 g/mol. The molecule has 104 valence electrons. The van der Waals surface area contributed by atoms with Gasteiger partial charge in [0.1, 0.15) is 5.75 Å². The Hall–Kier alpha value is -1.55. The highest BCUT2D eigenvalue weighted by Gasteiger charge is 2.31. The summed E-state index contributed by atoms with van der Waals surface area (Å²) >= 11 is 0. The Balaban J connectivity index is 2.04. The van der Waals surface area contributed by atoms with Gasteiger partial charge in [-0.3, -0.25) is 4.79 Å². The van der Waals surface area contributed by atoms with Crippen molar-refractivity contribution in [1.29, 1.82) is 0 Å². The standard InChI is InChI=1S/C15H21NO3/c1-19-13-7-4-5-10-9-12(16)11(15(10)13)6-2-3-8-14(17)18/h4-5,7,11-12H,2-3,6,8-9,16H2,1H3,(H,17,18). The van der Waals surface area contributed by atoms with Gasteiger partial charge in [-0.25, -0.2) is 0 Å². The van der Waals surface area contributed by atoms with Gasteiger partial charge in [-0.1, -0.05) is 18.6 Å². The maximum Gasteiger partial charge on any atom is 0.303 e. The van der Waals surface area contributed by atoms with Gasteiger partial charge in [0.25, 0.3) is 0 Å². The van der Waals surface area contributed by atoms with Gasteiger partial charge >= 0.3 is 5.97 Å². The van der Waals surface area contributed by atoms with Crippen LogP contribution in [0.25, 0.3) is 0 Å². The molecule has 2 unspecified atom stereocenters. The average Bonchev–Trinajstić information content (AvgIpc) is 2.70. The maximum absolute atomic E-state index is 10.5. The fourth-order valence-corrected chi connectivity index (χ4v) is 2.98. The van der Waals surface area contributed by atoms with Crippen LogP contribution in [0.4, 0.5) is 0 Å². The van der Waals surface area contributed by atoms with E-state index in [1.807, 2.05) is 12.1 Å². The first-order valence-corrected chi connectivity index (χ1v) is 6.76. The molecule has 0 radical (unpaired) electrons. The number of carbonyl (C=O) groups is 1. The van der Waals surface area contributed by atoms with Gasteiger partial charge in [-0.2, -0.15) is 0 Å². The summed E-state index contributed by atoms with van der Waals surface area (Å²) in [5.41, 5.74) is 8.73. The lowest BCUT2D eigenvalue weighted by Crippen LogP contribution is -2.25. The Kier molecular flexibility index (Phi) is 4.43. The van der Waals surface area contributed by atoms with Gasteiger partial charge in [0, 0.05) is 23.9 Å². The molecule has 0 bridgehead atoms. The lowest BCUT2D eigenvalue weighted by atomic mass is 9.92. The number of rotatable bonds is 6. The van der Waals surface area contributed by atoms with Gasteiger partial charge in [0.2, 0.25) is 0 Å². The number of hydrogen-bond donors (Lipinski definition) is 2. The lowest BCUT2D eigenvalue weighted by Gasteiger charge is -2.18. The monoisotopic (exact) mass is 263 g/mol. The van der Waals surface area contributed by atoms with E-state index in [-0.39, 0.29) is 12.5 Å². The minimum atomic E-state index is -0.728. The number of nitrogens with two attached hydrogens (primary N) is 1. The van der Waals surface area contributed by atoms with Crippen molar-refractivity contribution in [2.75, 3.05) is 7.11 Å². The number of fused-ring (bicyclic) bond motifs is 1. The van der Waals surface area contributed by atoms with Crippen molar-refractivity contribution in [3.63, 3.8) is 0 Å². The number of hydrogen-bond acceptors (Lipinski definition) is 3. The van der Waals surface area contributed by atoms with Crippen molar-refractivity contribution >= 4 is 5.97 Å². The van der Waals surface area contributed by atoms with Crippen LogP contribution in [-0.4, -0.2) is 24.2 Å². The average molecular weight is 263 g/mol. The van der Waals surface area contributed by atoms with Crippen LogP contribution in [0.1, 0.15) is 42.7 Å². The molecule has 1 aliphatic carbocycles. The highest BCUT2D eigenvalue weighted by molar-refractivity contribution is 5.66. The van der Waals surface area contributed by atoms with E-state index in [1.54, 1.807) is 7.11 Å². The summed E-state index contributed by atoms with van der Waals surface area (Å²) in [7, 11) is 1.68. The fourth-order valence-electron chi connectivity index (χ4n) is 2.98. The molecule has 2 atom stereocenters. The Labute approximate surface area is 113 Å². The number of carboxylic acid groups (broad SMARTS) is 1. The molecule has 1 aromatic carbocycles. The smallest absolute Gasteiger partial charge is 0.303 e. The van der Waals surface area contributed by atoms with Gasteiger partial charge in [0.05, 0.1) is 7.11 Å². The van der Waals surface area contributed by atoms with E-state index < -0.39 is 5.97 Å². The molecule has 0 saturated heterocycles. The third-order valence-corrected chi connectivity index (χ3v) is 3.88. The summed E-state index contributed by atoms with van der Waals surface area (Å²) in [5.74, 6) is 0.474. The number of unbranched alkanes of at least 4 members (excludes halogenated alkanes) is 1. The molecule has 0 heterocycles. The number of aliphatic carboxylic acids is 1. The van der Waals surface area contributed by atoms with E-state index in [1.165, 1.54) is 11.1 Å². The van der Waals surface area contributed by atoms with Crippen molar-refractivity contribution in [2.45, 2.75) is 44.1 Å². The summed E-state index contributed by atoms with van der Waals surface area (Å²) in [6.45, 7) is 0. The second kappa shape index (κ2) is 6.06. The van der Waals surface area contributed by atoms with E-state index in [2.05, 4.69) is 6.07 Å².